The molecule has 4 heteroatoms. The predicted molar refractivity (Wildman–Crippen MR) is 31.9 cm³/mol. The first-order valence-electron chi connectivity index (χ1n) is 2.25. The molecule has 0 atom stereocenters. The summed E-state index contributed by atoms with van der Waals surface area (Å²) in [6, 6.07) is 0. The van der Waals surface area contributed by atoms with Gasteiger partial charge in [0, 0.05) is 19.2 Å². The monoisotopic (exact) mass is 131 g/mol. The number of aliphatic imine (C=N–C) groups is 1. The molecule has 0 bridgehead atoms. The first-order valence-corrected chi connectivity index (χ1v) is 3.33. The molecule has 0 N–H and O–H groups in total. The SMILES string of the molecule is O=S(=O)=C1C=NCC1. The second-order valence-corrected chi connectivity index (χ2v) is 2.48. The third-order valence-electron chi connectivity index (χ3n) is 0.937. The third-order valence-corrected chi connectivity index (χ3v) is 1.67. The van der Waals surface area contributed by atoms with Crippen LogP contribution in [-0.2, 0) is 10.3 Å². The fraction of sp³-hybridized carbons (Fsp3) is 0.500. The first-order chi connectivity index (χ1) is 3.80. The molecule has 1 heterocycles. The van der Waals surface area contributed by atoms with Crippen LogP contribution in [0.25, 0.3) is 0 Å². The normalized spacial score (nSPS) is 17.2. The Morgan fingerprint density at radius 3 is 2.62 bits per heavy atom. The van der Waals surface area contributed by atoms with Gasteiger partial charge in [0.2, 0.25) is 10.3 Å². The molecule has 0 aromatic carbocycles. The summed E-state index contributed by atoms with van der Waals surface area (Å²) in [7, 11) is -2.02. The second-order valence-electron chi connectivity index (χ2n) is 1.49. The van der Waals surface area contributed by atoms with E-state index in [1.54, 1.807) is 0 Å². The predicted octanol–water partition coefficient (Wildman–Crippen LogP) is -0.488. The van der Waals surface area contributed by atoms with Gasteiger partial charge in [0.1, 0.15) is 0 Å². The van der Waals surface area contributed by atoms with Gasteiger partial charge in [-0.3, -0.25) is 4.99 Å². The number of nitrogens with zero attached hydrogens (tertiary/aromatic N) is 1. The zero-order valence-corrected chi connectivity index (χ0v) is 4.98. The van der Waals surface area contributed by atoms with Crippen LogP contribution in [0.3, 0.4) is 0 Å². The Morgan fingerprint density at radius 1 is 1.62 bits per heavy atom. The molecule has 0 aromatic rings. The van der Waals surface area contributed by atoms with Gasteiger partial charge in [-0.2, -0.15) is 8.42 Å². The largest absolute Gasteiger partial charge is 0.291 e. The minimum atomic E-state index is -2.02. The maximum Gasteiger partial charge on any atom is 0.218 e. The number of hydrogen-bond acceptors (Lipinski definition) is 3. The topological polar surface area (TPSA) is 46.5 Å². The average molecular weight is 131 g/mol. The van der Waals surface area contributed by atoms with Gasteiger partial charge in [-0.25, -0.2) is 0 Å². The van der Waals surface area contributed by atoms with Gasteiger partial charge in [-0.15, -0.1) is 0 Å². The summed E-state index contributed by atoms with van der Waals surface area (Å²) in [5, 5.41) is 0. The molecule has 44 valence electrons. The standard InChI is InChI=1S/C4H5NO2S/c6-8(7)4-1-2-5-3-4/h3H,1-2H2. The molecule has 1 aliphatic heterocycles. The lowest BCUT2D eigenvalue weighted by Gasteiger charge is -1.73. The zero-order chi connectivity index (χ0) is 5.98. The minimum Gasteiger partial charge on any atom is -0.291 e. The van der Waals surface area contributed by atoms with Crippen molar-refractivity contribution in [3.05, 3.63) is 0 Å². The Labute approximate surface area is 48.6 Å². The molecule has 3 nitrogen and oxygen atoms in total. The molecule has 1 rings (SSSR count). The highest BCUT2D eigenvalue weighted by Crippen LogP contribution is 1.90. The molecule has 0 fully saturated rings. The summed E-state index contributed by atoms with van der Waals surface area (Å²) >= 11 is 0. The lowest BCUT2D eigenvalue weighted by molar-refractivity contribution is 0.627. The zero-order valence-electron chi connectivity index (χ0n) is 4.16. The Morgan fingerprint density at radius 2 is 2.38 bits per heavy atom. The van der Waals surface area contributed by atoms with Crippen molar-refractivity contribution in [3.63, 3.8) is 0 Å². The van der Waals surface area contributed by atoms with Crippen molar-refractivity contribution in [2.45, 2.75) is 6.42 Å². The van der Waals surface area contributed by atoms with Crippen LogP contribution < -0.4 is 0 Å². The van der Waals surface area contributed by atoms with Gasteiger partial charge in [0.25, 0.3) is 0 Å². The Kier molecular flexibility index (Phi) is 1.43. The van der Waals surface area contributed by atoms with Crippen LogP contribution in [0.5, 0.6) is 0 Å². The van der Waals surface area contributed by atoms with E-state index in [9.17, 15) is 8.42 Å². The third kappa shape index (κ3) is 0.949. The maximum atomic E-state index is 10.1. The Balaban J connectivity index is 3.07. The number of rotatable bonds is 0. The van der Waals surface area contributed by atoms with Gasteiger partial charge < -0.3 is 0 Å². The molecule has 0 aliphatic carbocycles. The number of hydrogen-bond donors (Lipinski definition) is 0. The summed E-state index contributed by atoms with van der Waals surface area (Å²) in [6.07, 6.45) is 1.99. The summed E-state index contributed by atoms with van der Waals surface area (Å²) in [5.74, 6) is 0. The van der Waals surface area contributed by atoms with Crippen molar-refractivity contribution in [1.29, 1.82) is 0 Å². The van der Waals surface area contributed by atoms with Crippen molar-refractivity contribution in [3.8, 4) is 0 Å². The molecule has 0 spiro atoms. The van der Waals surface area contributed by atoms with Gasteiger partial charge in [0.05, 0.1) is 4.86 Å². The van der Waals surface area contributed by atoms with E-state index in [-0.39, 0.29) is 0 Å². The van der Waals surface area contributed by atoms with Crippen molar-refractivity contribution < 1.29 is 8.42 Å². The van der Waals surface area contributed by atoms with Gasteiger partial charge in [0.15, 0.2) is 0 Å². The molecule has 1 aliphatic rings. The van der Waals surface area contributed by atoms with Crippen LogP contribution in [0, 0.1) is 0 Å². The van der Waals surface area contributed by atoms with Crippen LogP contribution in [0.4, 0.5) is 0 Å². The Bertz CT molecular complexity index is 229. The molecular weight excluding hydrogens is 126 g/mol. The van der Waals surface area contributed by atoms with E-state index >= 15 is 0 Å². The van der Waals surface area contributed by atoms with Crippen molar-refractivity contribution in [2.24, 2.45) is 4.99 Å². The smallest absolute Gasteiger partial charge is 0.218 e. The summed E-state index contributed by atoms with van der Waals surface area (Å²) in [5.41, 5.74) is 0. The maximum absolute atomic E-state index is 10.1. The highest BCUT2D eigenvalue weighted by atomic mass is 32.2. The lowest BCUT2D eigenvalue weighted by Crippen LogP contribution is -1.93. The fourth-order valence-corrected chi connectivity index (χ4v) is 0.951. The molecule has 0 unspecified atom stereocenters. The highest BCUT2D eigenvalue weighted by molar-refractivity contribution is 7.74. The van der Waals surface area contributed by atoms with E-state index in [1.807, 2.05) is 0 Å². The highest BCUT2D eigenvalue weighted by Gasteiger charge is 2.01. The molecule has 8 heavy (non-hydrogen) atoms. The minimum absolute atomic E-state index is 0.421. The lowest BCUT2D eigenvalue weighted by atomic mass is 10.4. The molecular formula is C4H5NO2S. The summed E-state index contributed by atoms with van der Waals surface area (Å²) < 4.78 is 20.1. The van der Waals surface area contributed by atoms with Crippen LogP contribution >= 0.6 is 0 Å². The van der Waals surface area contributed by atoms with E-state index in [0.29, 0.717) is 17.8 Å². The van der Waals surface area contributed by atoms with Crippen LogP contribution in [0.15, 0.2) is 4.99 Å². The average Bonchev–Trinajstić information content (AvgIpc) is 2.12. The quantitative estimate of drug-likeness (QED) is 0.416. The van der Waals surface area contributed by atoms with E-state index in [2.05, 4.69) is 4.99 Å². The summed E-state index contributed by atoms with van der Waals surface area (Å²) in [4.78, 5) is 4.15. The van der Waals surface area contributed by atoms with Crippen molar-refractivity contribution in [1.82, 2.24) is 0 Å². The molecule has 0 saturated carbocycles. The van der Waals surface area contributed by atoms with Crippen molar-refractivity contribution >= 4 is 21.4 Å². The van der Waals surface area contributed by atoms with Gasteiger partial charge in [-0.05, 0) is 0 Å². The molecule has 0 aromatic heterocycles. The molecule has 0 saturated heterocycles. The van der Waals surface area contributed by atoms with E-state index < -0.39 is 10.3 Å². The Hall–Kier alpha value is -0.640. The summed E-state index contributed by atoms with van der Waals surface area (Å²) in [6.45, 7) is 0.628. The van der Waals surface area contributed by atoms with E-state index in [4.69, 9.17) is 0 Å². The van der Waals surface area contributed by atoms with E-state index in [0.717, 1.165) is 0 Å². The first kappa shape index (κ1) is 5.50. The van der Waals surface area contributed by atoms with Crippen molar-refractivity contribution in [2.75, 3.05) is 6.54 Å². The van der Waals surface area contributed by atoms with Crippen LogP contribution in [0.2, 0.25) is 0 Å². The molecule has 0 amide bonds. The van der Waals surface area contributed by atoms with E-state index in [1.165, 1.54) is 6.21 Å². The van der Waals surface area contributed by atoms with Crippen LogP contribution in [0.1, 0.15) is 6.42 Å². The molecule has 0 radical (unpaired) electrons. The second kappa shape index (κ2) is 2.09. The fourth-order valence-electron chi connectivity index (χ4n) is 0.532. The van der Waals surface area contributed by atoms with Gasteiger partial charge >= 0.3 is 0 Å². The van der Waals surface area contributed by atoms with Crippen LogP contribution in [-0.4, -0.2) is 26.0 Å². The van der Waals surface area contributed by atoms with Gasteiger partial charge in [-0.1, -0.05) is 0 Å².